The summed E-state index contributed by atoms with van der Waals surface area (Å²) in [4.78, 5) is 42.8. The van der Waals surface area contributed by atoms with Gasteiger partial charge in [0.1, 0.15) is 6.04 Å². The van der Waals surface area contributed by atoms with Crippen molar-refractivity contribution in [2.45, 2.75) is 26.3 Å². The van der Waals surface area contributed by atoms with Crippen LogP contribution in [0.3, 0.4) is 0 Å². The molecule has 1 atom stereocenters. The van der Waals surface area contributed by atoms with Gasteiger partial charge in [-0.25, -0.2) is 4.68 Å². The maximum atomic E-state index is 13.5. The van der Waals surface area contributed by atoms with Gasteiger partial charge in [0.05, 0.1) is 22.0 Å². The molecule has 3 aromatic heterocycles. The van der Waals surface area contributed by atoms with Gasteiger partial charge in [-0.1, -0.05) is 25.1 Å². The van der Waals surface area contributed by atoms with E-state index in [9.17, 15) is 14.4 Å². The Morgan fingerprint density at radius 3 is 2.52 bits per heavy atom. The van der Waals surface area contributed by atoms with Crippen molar-refractivity contribution in [3.8, 4) is 0 Å². The molecule has 1 fully saturated rings. The molecule has 4 aromatic rings. The first kappa shape index (κ1) is 21.4. The number of amides is 2. The first-order valence-corrected chi connectivity index (χ1v) is 11.8. The van der Waals surface area contributed by atoms with Gasteiger partial charge in [0.25, 0.3) is 11.5 Å². The fraction of sp³-hybridized carbons (Fsp3) is 0.333. The van der Waals surface area contributed by atoms with Crippen LogP contribution in [0.1, 0.15) is 35.6 Å². The van der Waals surface area contributed by atoms with Crippen LogP contribution in [0.2, 0.25) is 0 Å². The molecular formula is C24H24N4O4S. The molecule has 2 amide bonds. The van der Waals surface area contributed by atoms with E-state index in [4.69, 9.17) is 4.42 Å². The van der Waals surface area contributed by atoms with E-state index >= 15 is 0 Å². The number of aromatic nitrogens is 2. The number of piperazine rings is 1. The van der Waals surface area contributed by atoms with Crippen molar-refractivity contribution < 1.29 is 14.0 Å². The predicted molar refractivity (Wildman–Crippen MR) is 127 cm³/mol. The van der Waals surface area contributed by atoms with Gasteiger partial charge in [-0.15, -0.1) is 11.3 Å². The second-order valence-corrected chi connectivity index (χ2v) is 9.21. The minimum atomic E-state index is -0.688. The lowest BCUT2D eigenvalue weighted by Crippen LogP contribution is -2.52. The first-order valence-electron chi connectivity index (χ1n) is 11.0. The standard InChI is InChI=1S/C24H24N4O4S/c1-3-17(22(29)26-10-12-27(13-11-26)23(30)18-8-6-14-32-18)28-24(31)20-16-7-4-5-9-19(16)33-21(20)15(2)25-28/h4-9,14,17H,3,10-13H2,1-2H3/t17-/m1/s1. The molecule has 0 saturated carbocycles. The predicted octanol–water partition coefficient (Wildman–Crippen LogP) is 3.45. The summed E-state index contributed by atoms with van der Waals surface area (Å²) in [7, 11) is 0. The van der Waals surface area contributed by atoms with Crippen molar-refractivity contribution in [1.82, 2.24) is 19.6 Å². The molecule has 0 unspecified atom stereocenters. The zero-order valence-corrected chi connectivity index (χ0v) is 19.3. The lowest BCUT2D eigenvalue weighted by atomic mass is 10.1. The van der Waals surface area contributed by atoms with Gasteiger partial charge in [0.2, 0.25) is 5.91 Å². The maximum Gasteiger partial charge on any atom is 0.289 e. The van der Waals surface area contributed by atoms with Crippen LogP contribution in [-0.4, -0.2) is 57.6 Å². The van der Waals surface area contributed by atoms with Gasteiger partial charge in [0, 0.05) is 36.3 Å². The van der Waals surface area contributed by atoms with Crippen LogP contribution >= 0.6 is 11.3 Å². The number of carbonyl (C=O) groups is 2. The Kier molecular flexibility index (Phi) is 5.49. The van der Waals surface area contributed by atoms with E-state index < -0.39 is 6.04 Å². The minimum Gasteiger partial charge on any atom is -0.459 e. The molecule has 0 bridgehead atoms. The molecule has 0 spiro atoms. The lowest BCUT2D eigenvalue weighted by molar-refractivity contribution is -0.136. The van der Waals surface area contributed by atoms with E-state index in [1.165, 1.54) is 10.9 Å². The van der Waals surface area contributed by atoms with E-state index in [1.807, 2.05) is 38.1 Å². The Bertz CT molecular complexity index is 1400. The molecule has 170 valence electrons. The van der Waals surface area contributed by atoms with E-state index in [1.54, 1.807) is 33.3 Å². The summed E-state index contributed by atoms with van der Waals surface area (Å²) in [6, 6.07) is 10.4. The zero-order chi connectivity index (χ0) is 23.1. The van der Waals surface area contributed by atoms with Crippen LogP contribution in [0, 0.1) is 6.92 Å². The molecule has 1 saturated heterocycles. The molecule has 8 nitrogen and oxygen atoms in total. The number of fused-ring (bicyclic) bond motifs is 3. The van der Waals surface area contributed by atoms with Gasteiger partial charge in [-0.05, 0) is 31.5 Å². The Hall–Kier alpha value is -3.46. The van der Waals surface area contributed by atoms with Crippen LogP contribution in [0.15, 0.2) is 51.9 Å². The number of hydrogen-bond acceptors (Lipinski definition) is 6. The smallest absolute Gasteiger partial charge is 0.289 e. The molecule has 1 aliphatic rings. The van der Waals surface area contributed by atoms with E-state index in [-0.39, 0.29) is 17.4 Å². The fourth-order valence-electron chi connectivity index (χ4n) is 4.44. The Balaban J connectivity index is 1.42. The van der Waals surface area contributed by atoms with Gasteiger partial charge in [-0.3, -0.25) is 14.4 Å². The third-order valence-corrected chi connectivity index (χ3v) is 7.46. The van der Waals surface area contributed by atoms with Gasteiger partial charge in [-0.2, -0.15) is 5.10 Å². The molecule has 33 heavy (non-hydrogen) atoms. The topological polar surface area (TPSA) is 88.7 Å². The third-order valence-electron chi connectivity index (χ3n) is 6.18. The summed E-state index contributed by atoms with van der Waals surface area (Å²) in [6.07, 6.45) is 1.92. The highest BCUT2D eigenvalue weighted by Gasteiger charge is 2.31. The molecule has 9 heteroatoms. The summed E-state index contributed by atoms with van der Waals surface area (Å²) >= 11 is 1.55. The quantitative estimate of drug-likeness (QED) is 0.462. The number of carbonyl (C=O) groups excluding carboxylic acids is 2. The van der Waals surface area contributed by atoms with Crippen LogP contribution in [0.25, 0.3) is 20.2 Å². The number of thiophene rings is 1. The van der Waals surface area contributed by atoms with E-state index in [0.717, 1.165) is 20.5 Å². The second kappa shape index (κ2) is 8.47. The summed E-state index contributed by atoms with van der Waals surface area (Å²) in [5.74, 6) is -0.0262. The molecule has 5 rings (SSSR count). The van der Waals surface area contributed by atoms with Gasteiger partial charge < -0.3 is 14.2 Å². The first-order chi connectivity index (χ1) is 16.0. The second-order valence-electron chi connectivity index (χ2n) is 8.16. The largest absolute Gasteiger partial charge is 0.459 e. The maximum absolute atomic E-state index is 13.5. The van der Waals surface area contributed by atoms with Gasteiger partial charge in [0.15, 0.2) is 5.76 Å². The number of benzene rings is 1. The minimum absolute atomic E-state index is 0.143. The highest BCUT2D eigenvalue weighted by molar-refractivity contribution is 7.26. The summed E-state index contributed by atoms with van der Waals surface area (Å²) in [6.45, 7) is 5.40. The Morgan fingerprint density at radius 1 is 1.09 bits per heavy atom. The van der Waals surface area contributed by atoms with Crippen molar-refractivity contribution in [2.75, 3.05) is 26.2 Å². The summed E-state index contributed by atoms with van der Waals surface area (Å²) in [5, 5.41) is 6.08. The van der Waals surface area contributed by atoms with E-state index in [2.05, 4.69) is 5.10 Å². The normalized spacial score (nSPS) is 15.3. The average molecular weight is 465 g/mol. The number of furan rings is 1. The highest BCUT2D eigenvalue weighted by Crippen LogP contribution is 2.33. The monoisotopic (exact) mass is 464 g/mol. The van der Waals surface area contributed by atoms with Gasteiger partial charge >= 0.3 is 0 Å². The number of nitrogens with zero attached hydrogens (tertiary/aromatic N) is 4. The molecule has 1 aliphatic heterocycles. The van der Waals surface area contributed by atoms with Crippen LogP contribution in [0.5, 0.6) is 0 Å². The number of aryl methyl sites for hydroxylation is 1. The zero-order valence-electron chi connectivity index (χ0n) is 18.5. The number of hydrogen-bond donors (Lipinski definition) is 0. The van der Waals surface area contributed by atoms with Crippen molar-refractivity contribution in [2.24, 2.45) is 0 Å². The van der Waals surface area contributed by atoms with Crippen LogP contribution in [-0.2, 0) is 4.79 Å². The average Bonchev–Trinajstić information content (AvgIpc) is 3.51. The van der Waals surface area contributed by atoms with E-state index in [0.29, 0.717) is 43.7 Å². The lowest BCUT2D eigenvalue weighted by Gasteiger charge is -2.36. The third kappa shape index (κ3) is 3.62. The molecule has 0 aliphatic carbocycles. The fourth-order valence-corrected chi connectivity index (χ4v) is 5.57. The van der Waals surface area contributed by atoms with Crippen molar-refractivity contribution >= 4 is 43.3 Å². The molecule has 4 heterocycles. The van der Waals surface area contributed by atoms with Crippen LogP contribution in [0.4, 0.5) is 0 Å². The Morgan fingerprint density at radius 2 is 1.82 bits per heavy atom. The van der Waals surface area contributed by atoms with Crippen molar-refractivity contribution in [3.05, 3.63) is 64.5 Å². The Labute approximate surface area is 194 Å². The van der Waals surface area contributed by atoms with Crippen LogP contribution < -0.4 is 5.56 Å². The summed E-state index contributed by atoms with van der Waals surface area (Å²) < 4.78 is 8.46. The van der Waals surface area contributed by atoms with Crippen molar-refractivity contribution in [3.63, 3.8) is 0 Å². The summed E-state index contributed by atoms with van der Waals surface area (Å²) in [5.41, 5.74) is 0.505. The molecular weight excluding hydrogens is 440 g/mol. The molecule has 0 N–H and O–H groups in total. The number of rotatable bonds is 4. The molecule has 1 aromatic carbocycles. The van der Waals surface area contributed by atoms with Crippen molar-refractivity contribution in [1.29, 1.82) is 0 Å². The SMILES string of the molecule is CC[C@H](C(=O)N1CCN(C(=O)c2ccco2)CC1)n1nc(C)c2sc3ccccc3c2c1=O. The highest BCUT2D eigenvalue weighted by atomic mass is 32.1. The molecule has 0 radical (unpaired) electrons.